The van der Waals surface area contributed by atoms with E-state index in [0.717, 1.165) is 34.6 Å². The molecule has 6 aromatic rings. The third kappa shape index (κ3) is 12.4. The fraction of sp³-hybridized carbons (Fsp3) is 0.174. The molecule has 7 nitrogen and oxygen atoms in total. The second-order valence-corrected chi connectivity index (χ2v) is 14.6. The van der Waals surface area contributed by atoms with Crippen LogP contribution in [0, 0.1) is 0 Å². The van der Waals surface area contributed by atoms with Crippen molar-refractivity contribution in [2.75, 3.05) is 6.61 Å². The molecule has 0 aromatic heterocycles. The van der Waals surface area contributed by atoms with E-state index in [1.54, 1.807) is 0 Å². The fourth-order valence-corrected chi connectivity index (χ4v) is 7.69. The Labute approximate surface area is 318 Å². The summed E-state index contributed by atoms with van der Waals surface area (Å²) in [6, 6.07) is 54.5. The Morgan fingerprint density at radius 3 is 1.57 bits per heavy atom. The largest absolute Gasteiger partial charge is 0.485 e. The van der Waals surface area contributed by atoms with Crippen LogP contribution in [0.1, 0.15) is 33.4 Å². The highest BCUT2D eigenvalue weighted by atomic mass is 31.1. The maximum atomic E-state index is 13.6. The number of ether oxygens (including phenoxy) is 3. The van der Waals surface area contributed by atoms with E-state index >= 15 is 0 Å². The molecule has 0 unspecified atom stereocenters. The summed E-state index contributed by atoms with van der Waals surface area (Å²) >= 11 is 0. The highest BCUT2D eigenvalue weighted by Gasteiger charge is 2.25. The zero-order chi connectivity index (χ0) is 37.2. The highest BCUT2D eigenvalue weighted by molar-refractivity contribution is 7.51. The quantitative estimate of drug-likeness (QED) is 0.0699. The summed E-state index contributed by atoms with van der Waals surface area (Å²) in [6.45, 7) is 0.566. The predicted octanol–water partition coefficient (Wildman–Crippen LogP) is 10.1. The van der Waals surface area contributed by atoms with Gasteiger partial charge in [-0.25, -0.2) is 9.59 Å². The number of hydrogen-bond donors (Lipinski definition) is 1. The fourth-order valence-electron chi connectivity index (χ4n) is 5.79. The van der Waals surface area contributed by atoms with Crippen LogP contribution >= 0.6 is 8.15 Å². The molecular weight excluding hydrogens is 693 g/mol. The van der Waals surface area contributed by atoms with Crippen molar-refractivity contribution in [1.82, 2.24) is 5.32 Å². The number of carbonyl (C=O) groups is 2. The van der Waals surface area contributed by atoms with Gasteiger partial charge in [-0.05, 0) is 45.5 Å². The van der Waals surface area contributed by atoms with Crippen LogP contribution in [-0.4, -0.2) is 24.7 Å². The number of rotatable bonds is 18. The van der Waals surface area contributed by atoms with Crippen molar-refractivity contribution in [2.45, 2.75) is 44.4 Å². The molecule has 0 bridgehead atoms. The van der Waals surface area contributed by atoms with Gasteiger partial charge in [0.2, 0.25) is 0 Å². The number of amides is 1. The first-order valence-electron chi connectivity index (χ1n) is 18.1. The first kappa shape index (κ1) is 37.8. The molecular formula is C46H44NO6P. The van der Waals surface area contributed by atoms with Crippen LogP contribution in [0.5, 0.6) is 11.5 Å². The molecule has 0 spiro atoms. The van der Waals surface area contributed by atoms with Crippen molar-refractivity contribution < 1.29 is 28.3 Å². The van der Waals surface area contributed by atoms with E-state index < -0.39 is 26.3 Å². The molecule has 6 aromatic carbocycles. The van der Waals surface area contributed by atoms with Gasteiger partial charge in [0, 0.05) is 25.2 Å². The summed E-state index contributed by atoms with van der Waals surface area (Å²) in [5, 5.41) is 2.76. The maximum Gasteiger partial charge on any atom is 0.408 e. The Morgan fingerprint density at radius 2 is 1.02 bits per heavy atom. The molecule has 8 heteroatoms. The molecule has 54 heavy (non-hydrogen) atoms. The third-order valence-corrected chi connectivity index (χ3v) is 10.5. The third-order valence-electron chi connectivity index (χ3n) is 8.58. The van der Waals surface area contributed by atoms with Gasteiger partial charge >= 0.3 is 12.1 Å². The minimum absolute atomic E-state index is 0.0703. The van der Waals surface area contributed by atoms with Gasteiger partial charge in [-0.3, -0.25) is 0 Å². The molecule has 6 rings (SSSR count). The second kappa shape index (κ2) is 20.4. The lowest BCUT2D eigenvalue weighted by Gasteiger charge is -2.22. The Hall–Kier alpha value is -5.91. The molecule has 274 valence electrons. The van der Waals surface area contributed by atoms with Crippen LogP contribution in [0.25, 0.3) is 0 Å². The average Bonchev–Trinajstić information content (AvgIpc) is 3.21. The Balaban J connectivity index is 1.23. The van der Waals surface area contributed by atoms with Crippen molar-refractivity contribution in [2.24, 2.45) is 0 Å². The lowest BCUT2D eigenvalue weighted by molar-refractivity contribution is -0.146. The predicted molar refractivity (Wildman–Crippen MR) is 213 cm³/mol. The highest BCUT2D eigenvalue weighted by Crippen LogP contribution is 2.47. The van der Waals surface area contributed by atoms with Crippen LogP contribution < -0.4 is 14.6 Å². The van der Waals surface area contributed by atoms with Gasteiger partial charge < -0.3 is 24.1 Å². The van der Waals surface area contributed by atoms with Crippen LogP contribution in [0.3, 0.4) is 0 Å². The molecule has 0 radical (unpaired) electrons. The first-order chi connectivity index (χ1) is 26.6. The smallest absolute Gasteiger partial charge is 0.408 e. The Morgan fingerprint density at radius 1 is 0.519 bits per heavy atom. The number of benzene rings is 6. The van der Waals surface area contributed by atoms with Gasteiger partial charge in [-0.2, -0.15) is 0 Å². The first-order valence-corrected chi connectivity index (χ1v) is 19.7. The van der Waals surface area contributed by atoms with Crippen molar-refractivity contribution in [3.63, 3.8) is 0 Å². The van der Waals surface area contributed by atoms with Crippen LogP contribution in [-0.2, 0) is 52.6 Å². The zero-order valence-corrected chi connectivity index (χ0v) is 31.0. The monoisotopic (exact) mass is 737 g/mol. The summed E-state index contributed by atoms with van der Waals surface area (Å²) in [5.74, 6) is 0.613. The Bertz CT molecular complexity index is 1970. The summed E-state index contributed by atoms with van der Waals surface area (Å²) in [6.07, 6.45) is 1.51. The van der Waals surface area contributed by atoms with Gasteiger partial charge in [0.15, 0.2) is 11.5 Å². The van der Waals surface area contributed by atoms with E-state index in [4.69, 9.17) is 18.7 Å². The molecule has 0 aliphatic rings. The summed E-state index contributed by atoms with van der Waals surface area (Å²) in [7, 11) is -0.997. The molecule has 0 saturated carbocycles. The SMILES string of the molecule is O=C(N[C@@H](Cc1ccc(OP(Cc2ccccc2)Cc2ccccc2)c(OCc2ccccc2)c1)C(=O)OCCc1ccccc1)OCc1ccccc1. The minimum atomic E-state index is -1.01. The minimum Gasteiger partial charge on any atom is -0.485 e. The van der Waals surface area contributed by atoms with Gasteiger partial charge in [-0.1, -0.05) is 158 Å². The van der Waals surface area contributed by atoms with Crippen molar-refractivity contribution in [1.29, 1.82) is 0 Å². The topological polar surface area (TPSA) is 83.1 Å². The number of carbonyl (C=O) groups excluding carboxylic acids is 2. The molecule has 0 aliphatic heterocycles. The number of hydrogen-bond acceptors (Lipinski definition) is 6. The lowest BCUT2D eigenvalue weighted by Crippen LogP contribution is -2.43. The second-order valence-electron chi connectivity index (χ2n) is 12.8. The van der Waals surface area contributed by atoms with Crippen molar-refractivity contribution in [3.8, 4) is 11.5 Å². The summed E-state index contributed by atoms with van der Waals surface area (Å²) in [4.78, 5) is 26.6. The van der Waals surface area contributed by atoms with Gasteiger partial charge in [-0.15, -0.1) is 0 Å². The van der Waals surface area contributed by atoms with Crippen LogP contribution in [0.15, 0.2) is 170 Å². The van der Waals surface area contributed by atoms with Crippen LogP contribution in [0.2, 0.25) is 0 Å². The Kier molecular flexibility index (Phi) is 14.3. The zero-order valence-electron chi connectivity index (χ0n) is 30.1. The standard InChI is InChI=1S/C46H44NO6P/c48-45(50-29-28-36-16-6-1-7-17-36)42(47-46(49)52-33-38-20-10-3-11-21-38)30-41-26-27-43(44(31-41)51-32-37-18-8-2-9-19-37)53-54(34-39-22-12-4-13-23-39)35-40-24-14-5-15-25-40/h1-27,31,42H,28-30,32-35H2,(H,47,49)/t42-/m0/s1. The van der Waals surface area contributed by atoms with Gasteiger partial charge in [0.05, 0.1) is 14.8 Å². The van der Waals surface area contributed by atoms with E-state index in [1.165, 1.54) is 11.1 Å². The maximum absolute atomic E-state index is 13.6. The van der Waals surface area contributed by atoms with Crippen molar-refractivity contribution in [3.05, 3.63) is 203 Å². The molecule has 1 atom stereocenters. The average molecular weight is 738 g/mol. The van der Waals surface area contributed by atoms with E-state index in [0.29, 0.717) is 24.5 Å². The van der Waals surface area contributed by atoms with E-state index in [1.807, 2.05) is 146 Å². The summed E-state index contributed by atoms with van der Waals surface area (Å²) in [5.41, 5.74) is 6.04. The molecule has 0 aliphatic carbocycles. The number of alkyl carbamates (subject to hydrolysis) is 1. The molecule has 0 fully saturated rings. The van der Waals surface area contributed by atoms with Crippen LogP contribution in [0.4, 0.5) is 4.79 Å². The number of nitrogens with one attached hydrogen (secondary N) is 1. The van der Waals surface area contributed by atoms with E-state index in [2.05, 4.69) is 29.6 Å². The molecule has 1 N–H and O–H groups in total. The van der Waals surface area contributed by atoms with Gasteiger partial charge in [0.1, 0.15) is 19.3 Å². The van der Waals surface area contributed by atoms with E-state index in [-0.39, 0.29) is 19.6 Å². The van der Waals surface area contributed by atoms with Crippen molar-refractivity contribution >= 4 is 20.2 Å². The molecule has 1 amide bonds. The number of esters is 1. The van der Waals surface area contributed by atoms with E-state index in [9.17, 15) is 9.59 Å². The van der Waals surface area contributed by atoms with Gasteiger partial charge in [0.25, 0.3) is 0 Å². The molecule has 0 saturated heterocycles. The molecule has 0 heterocycles. The summed E-state index contributed by atoms with van der Waals surface area (Å²) < 4.78 is 24.5. The lowest BCUT2D eigenvalue weighted by atomic mass is 10.1. The normalized spacial score (nSPS) is 11.4.